The molecule has 0 radical (unpaired) electrons. The van der Waals surface area contributed by atoms with Crippen LogP contribution >= 0.6 is 15.9 Å². The number of anilines is 1. The molecule has 1 aromatic heterocycles. The third kappa shape index (κ3) is 4.12. The molecule has 3 aromatic carbocycles. The molecule has 5 nitrogen and oxygen atoms in total. The molecule has 0 saturated carbocycles. The molecule has 29 heavy (non-hydrogen) atoms. The number of carbonyl (C=O) groups is 1. The van der Waals surface area contributed by atoms with Crippen molar-refractivity contribution in [3.63, 3.8) is 0 Å². The first-order valence-corrected chi connectivity index (χ1v) is 9.97. The van der Waals surface area contributed by atoms with Crippen molar-refractivity contribution >= 4 is 27.5 Å². The highest BCUT2D eigenvalue weighted by atomic mass is 79.9. The maximum absolute atomic E-state index is 12.8. The average Bonchev–Trinajstić information content (AvgIpc) is 3.16. The molecule has 0 aliphatic heterocycles. The van der Waals surface area contributed by atoms with Crippen LogP contribution in [0.15, 0.2) is 77.3 Å². The lowest BCUT2D eigenvalue weighted by Gasteiger charge is -2.06. The average molecular weight is 447 g/mol. The summed E-state index contributed by atoms with van der Waals surface area (Å²) in [6.07, 6.45) is 0. The lowest BCUT2D eigenvalue weighted by atomic mass is 10.1. The maximum Gasteiger partial charge on any atom is 0.295 e. The van der Waals surface area contributed by atoms with E-state index in [2.05, 4.69) is 31.3 Å². The van der Waals surface area contributed by atoms with Gasteiger partial charge in [-0.1, -0.05) is 64.0 Å². The highest BCUT2D eigenvalue weighted by Gasteiger charge is 2.19. The van der Waals surface area contributed by atoms with Gasteiger partial charge >= 0.3 is 0 Å². The molecule has 0 spiro atoms. The molecule has 0 saturated heterocycles. The summed E-state index contributed by atoms with van der Waals surface area (Å²) in [5, 5.41) is 7.42. The van der Waals surface area contributed by atoms with Gasteiger partial charge in [-0.2, -0.15) is 0 Å². The first-order chi connectivity index (χ1) is 14.0. The van der Waals surface area contributed by atoms with E-state index >= 15 is 0 Å². The molecule has 0 fully saturated rings. The van der Waals surface area contributed by atoms with E-state index < -0.39 is 0 Å². The van der Waals surface area contributed by atoms with Crippen LogP contribution in [0.3, 0.4) is 0 Å². The van der Waals surface area contributed by atoms with Crippen LogP contribution in [-0.2, 0) is 0 Å². The summed E-state index contributed by atoms with van der Waals surface area (Å²) in [6, 6.07) is 23.3. The van der Waals surface area contributed by atoms with Gasteiger partial charge in [0, 0.05) is 15.7 Å². The first kappa shape index (κ1) is 19.1. The Balaban J connectivity index is 1.76. The Labute approximate surface area is 177 Å². The van der Waals surface area contributed by atoms with Crippen molar-refractivity contribution in [1.82, 2.24) is 14.8 Å². The fourth-order valence-corrected chi connectivity index (χ4v) is 3.22. The topological polar surface area (TPSA) is 59.8 Å². The number of nitrogens with one attached hydrogen (secondary N) is 1. The lowest BCUT2D eigenvalue weighted by Crippen LogP contribution is -2.15. The molecule has 0 atom stereocenters. The molecular formula is C23H19BrN4O. The molecule has 0 aliphatic rings. The number of rotatable bonds is 4. The molecule has 0 bridgehead atoms. The van der Waals surface area contributed by atoms with Crippen molar-refractivity contribution < 1.29 is 4.79 Å². The Morgan fingerprint density at radius 2 is 1.62 bits per heavy atom. The number of benzene rings is 3. The number of hydrogen-bond acceptors (Lipinski definition) is 3. The standard InChI is InChI=1S/C23H19BrN4O/c1-15-7-9-17(10-8-15)22-26-21(23(29)25-20-6-4-3-5-16(20)2)27-28(22)19-13-11-18(24)12-14-19/h3-14H,1-2H3,(H,25,29). The largest absolute Gasteiger partial charge is 0.319 e. The van der Waals surface area contributed by atoms with E-state index in [0.717, 1.165) is 32.5 Å². The molecule has 6 heteroatoms. The Kier molecular flexibility index (Phi) is 5.27. The van der Waals surface area contributed by atoms with Crippen molar-refractivity contribution in [2.45, 2.75) is 13.8 Å². The molecule has 0 aliphatic carbocycles. The van der Waals surface area contributed by atoms with Gasteiger partial charge in [-0.05, 0) is 49.7 Å². The summed E-state index contributed by atoms with van der Waals surface area (Å²) >= 11 is 3.45. The van der Waals surface area contributed by atoms with Gasteiger partial charge < -0.3 is 5.32 Å². The van der Waals surface area contributed by atoms with Gasteiger partial charge in [0.1, 0.15) is 0 Å². The van der Waals surface area contributed by atoms with Crippen LogP contribution in [0.2, 0.25) is 0 Å². The van der Waals surface area contributed by atoms with E-state index in [-0.39, 0.29) is 11.7 Å². The minimum absolute atomic E-state index is 0.117. The predicted octanol–water partition coefficient (Wildman–Crippen LogP) is 5.57. The van der Waals surface area contributed by atoms with Crippen molar-refractivity contribution in [1.29, 1.82) is 0 Å². The molecule has 4 rings (SSSR count). The minimum Gasteiger partial charge on any atom is -0.319 e. The number of halogens is 1. The quantitative estimate of drug-likeness (QED) is 0.445. The number of aromatic nitrogens is 3. The van der Waals surface area contributed by atoms with Gasteiger partial charge in [-0.3, -0.25) is 4.79 Å². The Hall–Kier alpha value is -3.25. The van der Waals surface area contributed by atoms with E-state index in [4.69, 9.17) is 0 Å². The Morgan fingerprint density at radius 1 is 0.931 bits per heavy atom. The van der Waals surface area contributed by atoms with Crippen LogP contribution < -0.4 is 5.32 Å². The van der Waals surface area contributed by atoms with E-state index in [1.54, 1.807) is 4.68 Å². The van der Waals surface area contributed by atoms with Crippen LogP contribution in [0.25, 0.3) is 17.1 Å². The number of aryl methyl sites for hydroxylation is 2. The summed E-state index contributed by atoms with van der Waals surface area (Å²) in [7, 11) is 0. The first-order valence-electron chi connectivity index (χ1n) is 9.18. The van der Waals surface area contributed by atoms with Crippen LogP contribution in [0.1, 0.15) is 21.7 Å². The second kappa shape index (κ2) is 8.01. The second-order valence-corrected chi connectivity index (χ2v) is 7.70. The highest BCUT2D eigenvalue weighted by Crippen LogP contribution is 2.23. The van der Waals surface area contributed by atoms with Gasteiger partial charge in [-0.25, -0.2) is 9.67 Å². The van der Waals surface area contributed by atoms with Crippen LogP contribution in [0, 0.1) is 13.8 Å². The fraction of sp³-hybridized carbons (Fsp3) is 0.0870. The molecule has 4 aromatic rings. The Morgan fingerprint density at radius 3 is 2.31 bits per heavy atom. The van der Waals surface area contributed by atoms with Crippen molar-refractivity contribution in [2.75, 3.05) is 5.32 Å². The molecule has 144 valence electrons. The monoisotopic (exact) mass is 446 g/mol. The molecule has 1 amide bonds. The predicted molar refractivity (Wildman–Crippen MR) is 118 cm³/mol. The van der Waals surface area contributed by atoms with Gasteiger partial charge in [0.15, 0.2) is 5.82 Å². The van der Waals surface area contributed by atoms with Gasteiger partial charge in [0.2, 0.25) is 5.82 Å². The maximum atomic E-state index is 12.8. The molecule has 1 N–H and O–H groups in total. The zero-order valence-electron chi connectivity index (χ0n) is 16.1. The fourth-order valence-electron chi connectivity index (χ4n) is 2.95. The summed E-state index contributed by atoms with van der Waals surface area (Å²) in [4.78, 5) is 17.4. The van der Waals surface area contributed by atoms with Gasteiger partial charge in [-0.15, -0.1) is 5.10 Å². The van der Waals surface area contributed by atoms with Crippen molar-refractivity contribution in [3.8, 4) is 17.1 Å². The van der Waals surface area contributed by atoms with Gasteiger partial charge in [0.25, 0.3) is 5.91 Å². The summed E-state index contributed by atoms with van der Waals surface area (Å²) in [5.74, 6) is 0.387. The van der Waals surface area contributed by atoms with Crippen LogP contribution in [-0.4, -0.2) is 20.7 Å². The summed E-state index contributed by atoms with van der Waals surface area (Å²) in [6.45, 7) is 3.98. The summed E-state index contributed by atoms with van der Waals surface area (Å²) in [5.41, 5.74) is 4.59. The smallest absolute Gasteiger partial charge is 0.295 e. The summed E-state index contributed by atoms with van der Waals surface area (Å²) < 4.78 is 2.67. The number of nitrogens with zero attached hydrogens (tertiary/aromatic N) is 3. The molecule has 1 heterocycles. The normalized spacial score (nSPS) is 10.7. The molecule has 0 unspecified atom stereocenters. The van der Waals surface area contributed by atoms with E-state index in [1.807, 2.05) is 86.6 Å². The van der Waals surface area contributed by atoms with Crippen LogP contribution in [0.4, 0.5) is 5.69 Å². The number of hydrogen-bond donors (Lipinski definition) is 1. The third-order valence-corrected chi connectivity index (χ3v) is 5.11. The lowest BCUT2D eigenvalue weighted by molar-refractivity contribution is 0.101. The van der Waals surface area contributed by atoms with Gasteiger partial charge in [0.05, 0.1) is 5.69 Å². The van der Waals surface area contributed by atoms with E-state index in [0.29, 0.717) is 5.82 Å². The van der Waals surface area contributed by atoms with Crippen LogP contribution in [0.5, 0.6) is 0 Å². The van der Waals surface area contributed by atoms with E-state index in [1.165, 1.54) is 0 Å². The minimum atomic E-state index is -0.344. The van der Waals surface area contributed by atoms with Crippen molar-refractivity contribution in [2.24, 2.45) is 0 Å². The number of carbonyl (C=O) groups excluding carboxylic acids is 1. The third-order valence-electron chi connectivity index (χ3n) is 4.58. The van der Waals surface area contributed by atoms with E-state index in [9.17, 15) is 4.79 Å². The number of amides is 1. The zero-order chi connectivity index (χ0) is 20.4. The number of para-hydroxylation sites is 1. The van der Waals surface area contributed by atoms with Crippen molar-refractivity contribution in [3.05, 3.63) is 94.2 Å². The Bertz CT molecular complexity index is 1100. The SMILES string of the molecule is Cc1ccc(-c2nc(C(=O)Nc3ccccc3C)nn2-c2ccc(Br)cc2)cc1. The second-order valence-electron chi connectivity index (χ2n) is 6.78. The zero-order valence-corrected chi connectivity index (χ0v) is 17.6. The molecular weight excluding hydrogens is 428 g/mol. The highest BCUT2D eigenvalue weighted by molar-refractivity contribution is 9.10.